The summed E-state index contributed by atoms with van der Waals surface area (Å²) in [6.45, 7) is 6.53. The lowest BCUT2D eigenvalue weighted by atomic mass is 10.2. The zero-order valence-electron chi connectivity index (χ0n) is 13.6. The molecule has 0 aliphatic rings. The van der Waals surface area contributed by atoms with Crippen molar-refractivity contribution in [3.8, 4) is 0 Å². The topological polar surface area (TPSA) is 67.1 Å². The van der Waals surface area contributed by atoms with Crippen LogP contribution in [0.4, 0.5) is 4.39 Å². The van der Waals surface area contributed by atoms with Gasteiger partial charge in [0.1, 0.15) is 18.0 Å². The van der Waals surface area contributed by atoms with Crippen molar-refractivity contribution in [2.24, 2.45) is 4.99 Å². The van der Waals surface area contributed by atoms with Crippen molar-refractivity contribution >= 4 is 5.96 Å². The van der Waals surface area contributed by atoms with Gasteiger partial charge in [-0.2, -0.15) is 0 Å². The Morgan fingerprint density at radius 3 is 2.83 bits per heavy atom. The minimum absolute atomic E-state index is 0.232. The van der Waals surface area contributed by atoms with Crippen molar-refractivity contribution in [2.45, 2.75) is 33.4 Å². The quantitative estimate of drug-likeness (QED) is 0.603. The number of guanidine groups is 1. The van der Waals surface area contributed by atoms with Gasteiger partial charge in [-0.25, -0.2) is 9.38 Å². The fourth-order valence-electron chi connectivity index (χ4n) is 2.17. The minimum Gasteiger partial charge on any atom is -0.357 e. The van der Waals surface area contributed by atoms with Gasteiger partial charge in [0.25, 0.3) is 0 Å². The Kier molecular flexibility index (Phi) is 6.53. The van der Waals surface area contributed by atoms with Gasteiger partial charge in [0.2, 0.25) is 0 Å². The zero-order chi connectivity index (χ0) is 16.5. The lowest BCUT2D eigenvalue weighted by molar-refractivity contribution is 0.609. The van der Waals surface area contributed by atoms with E-state index >= 15 is 0 Å². The number of nitrogens with zero attached hydrogens (tertiary/aromatic N) is 4. The van der Waals surface area contributed by atoms with E-state index in [1.54, 1.807) is 18.5 Å². The summed E-state index contributed by atoms with van der Waals surface area (Å²) in [5.74, 6) is 1.39. The van der Waals surface area contributed by atoms with Gasteiger partial charge in [-0.15, -0.1) is 10.2 Å². The summed E-state index contributed by atoms with van der Waals surface area (Å²) in [6.07, 6.45) is 2.57. The van der Waals surface area contributed by atoms with Crippen LogP contribution in [0.15, 0.2) is 35.6 Å². The molecule has 1 heterocycles. The summed E-state index contributed by atoms with van der Waals surface area (Å²) in [4.78, 5) is 4.42. The Bertz CT molecular complexity index is 637. The molecule has 0 amide bonds. The fourth-order valence-corrected chi connectivity index (χ4v) is 2.17. The molecule has 0 saturated heterocycles. The van der Waals surface area contributed by atoms with E-state index in [0.717, 1.165) is 25.3 Å². The first-order valence-electron chi connectivity index (χ1n) is 7.86. The Balaban J connectivity index is 1.90. The second-order valence-electron chi connectivity index (χ2n) is 5.01. The molecular formula is C16H23FN6. The predicted molar refractivity (Wildman–Crippen MR) is 88.6 cm³/mol. The Hall–Kier alpha value is -2.44. The van der Waals surface area contributed by atoms with Gasteiger partial charge < -0.3 is 15.2 Å². The molecule has 2 rings (SSSR count). The highest BCUT2D eigenvalue weighted by Crippen LogP contribution is 2.07. The maximum Gasteiger partial charge on any atom is 0.191 e. The van der Waals surface area contributed by atoms with Crippen LogP contribution < -0.4 is 10.6 Å². The van der Waals surface area contributed by atoms with Gasteiger partial charge in [-0.1, -0.05) is 25.1 Å². The van der Waals surface area contributed by atoms with Crippen LogP contribution in [0.25, 0.3) is 0 Å². The average Bonchev–Trinajstić information content (AvgIpc) is 3.01. The van der Waals surface area contributed by atoms with E-state index in [0.29, 0.717) is 24.6 Å². The highest BCUT2D eigenvalue weighted by Gasteiger charge is 2.03. The van der Waals surface area contributed by atoms with Crippen molar-refractivity contribution in [1.82, 2.24) is 25.4 Å². The van der Waals surface area contributed by atoms with Gasteiger partial charge in [0.05, 0.1) is 6.54 Å². The number of aryl methyl sites for hydroxylation is 1. The van der Waals surface area contributed by atoms with Crippen LogP contribution >= 0.6 is 0 Å². The van der Waals surface area contributed by atoms with Crippen LogP contribution in [0.5, 0.6) is 0 Å². The van der Waals surface area contributed by atoms with Crippen molar-refractivity contribution in [2.75, 3.05) is 13.1 Å². The lowest BCUT2D eigenvalue weighted by Crippen LogP contribution is -2.39. The summed E-state index contributed by atoms with van der Waals surface area (Å²) in [7, 11) is 0. The predicted octanol–water partition coefficient (Wildman–Crippen LogP) is 1.73. The van der Waals surface area contributed by atoms with E-state index in [-0.39, 0.29) is 5.82 Å². The third-order valence-corrected chi connectivity index (χ3v) is 3.37. The Morgan fingerprint density at radius 1 is 1.26 bits per heavy atom. The maximum absolute atomic E-state index is 13.6. The fraction of sp³-hybridized carbons (Fsp3) is 0.438. The second-order valence-corrected chi connectivity index (χ2v) is 5.01. The minimum atomic E-state index is -0.232. The van der Waals surface area contributed by atoms with Gasteiger partial charge in [-0.05, 0) is 13.0 Å². The van der Waals surface area contributed by atoms with Gasteiger partial charge in [0, 0.05) is 31.6 Å². The molecule has 23 heavy (non-hydrogen) atoms. The summed E-state index contributed by atoms with van der Waals surface area (Å²) >= 11 is 0. The van der Waals surface area contributed by atoms with E-state index in [4.69, 9.17) is 0 Å². The molecule has 1 aromatic carbocycles. The number of hydrogen-bond donors (Lipinski definition) is 2. The maximum atomic E-state index is 13.6. The molecule has 0 saturated carbocycles. The Labute approximate surface area is 135 Å². The average molecular weight is 318 g/mol. The van der Waals surface area contributed by atoms with E-state index < -0.39 is 0 Å². The summed E-state index contributed by atoms with van der Waals surface area (Å²) < 4.78 is 15.6. The van der Waals surface area contributed by atoms with E-state index in [9.17, 15) is 4.39 Å². The molecule has 0 fully saturated rings. The number of aliphatic imine (C=N–C) groups is 1. The number of nitrogens with one attached hydrogen (secondary N) is 2. The number of halogens is 1. The molecule has 0 atom stereocenters. The first-order chi connectivity index (χ1) is 11.2. The van der Waals surface area contributed by atoms with Crippen molar-refractivity contribution in [1.29, 1.82) is 0 Å². The van der Waals surface area contributed by atoms with Gasteiger partial charge >= 0.3 is 0 Å². The third kappa shape index (κ3) is 5.05. The van der Waals surface area contributed by atoms with Crippen LogP contribution in [-0.2, 0) is 19.5 Å². The number of rotatable bonds is 7. The van der Waals surface area contributed by atoms with Crippen molar-refractivity contribution in [3.05, 3.63) is 47.8 Å². The normalized spacial score (nSPS) is 11.5. The standard InChI is InChI=1S/C16H23FN6/c1-3-15-22-21-12-23(15)10-9-19-16(18-4-2)20-11-13-7-5-6-8-14(13)17/h5-8,12H,3-4,9-11H2,1-2H3,(H2,18,19,20). The smallest absolute Gasteiger partial charge is 0.191 e. The van der Waals surface area contributed by atoms with Crippen LogP contribution in [0.3, 0.4) is 0 Å². The largest absolute Gasteiger partial charge is 0.357 e. The molecule has 124 valence electrons. The van der Waals surface area contributed by atoms with E-state index in [1.165, 1.54) is 6.07 Å². The van der Waals surface area contributed by atoms with Crippen molar-refractivity contribution in [3.63, 3.8) is 0 Å². The molecule has 7 heteroatoms. The van der Waals surface area contributed by atoms with E-state index in [2.05, 4.69) is 25.8 Å². The molecule has 1 aromatic heterocycles. The molecule has 2 aromatic rings. The van der Waals surface area contributed by atoms with Crippen LogP contribution in [-0.4, -0.2) is 33.8 Å². The van der Waals surface area contributed by atoms with Gasteiger partial charge in [0.15, 0.2) is 5.96 Å². The molecule has 0 bridgehead atoms. The number of benzene rings is 1. The van der Waals surface area contributed by atoms with Crippen LogP contribution in [0.1, 0.15) is 25.2 Å². The first-order valence-corrected chi connectivity index (χ1v) is 7.86. The molecule has 2 N–H and O–H groups in total. The summed E-state index contributed by atoms with van der Waals surface area (Å²) in [5, 5.41) is 14.4. The molecule has 0 unspecified atom stereocenters. The van der Waals surface area contributed by atoms with Crippen LogP contribution in [0, 0.1) is 5.82 Å². The van der Waals surface area contributed by atoms with E-state index in [1.807, 2.05) is 24.5 Å². The highest BCUT2D eigenvalue weighted by atomic mass is 19.1. The molecule has 0 radical (unpaired) electrons. The number of aromatic nitrogens is 3. The molecule has 0 aliphatic heterocycles. The number of hydrogen-bond acceptors (Lipinski definition) is 3. The molecule has 6 nitrogen and oxygen atoms in total. The molecular weight excluding hydrogens is 295 g/mol. The monoisotopic (exact) mass is 318 g/mol. The SMILES string of the molecule is CCNC(=NCc1ccccc1F)NCCn1cnnc1CC. The first kappa shape index (κ1) is 16.9. The Morgan fingerprint density at radius 2 is 2.09 bits per heavy atom. The second kappa shape index (κ2) is 8.87. The molecule has 0 aliphatic carbocycles. The summed E-state index contributed by atoms with van der Waals surface area (Å²) in [5.41, 5.74) is 0.580. The highest BCUT2D eigenvalue weighted by molar-refractivity contribution is 5.79. The lowest BCUT2D eigenvalue weighted by Gasteiger charge is -2.12. The van der Waals surface area contributed by atoms with Crippen molar-refractivity contribution < 1.29 is 4.39 Å². The zero-order valence-corrected chi connectivity index (χ0v) is 13.6. The van der Waals surface area contributed by atoms with Gasteiger partial charge in [-0.3, -0.25) is 0 Å². The summed E-state index contributed by atoms with van der Waals surface area (Å²) in [6, 6.07) is 6.68. The molecule has 0 spiro atoms. The third-order valence-electron chi connectivity index (χ3n) is 3.37. The van der Waals surface area contributed by atoms with Crippen LogP contribution in [0.2, 0.25) is 0 Å².